The van der Waals surface area contributed by atoms with E-state index in [1.165, 1.54) is 5.56 Å². The maximum atomic E-state index is 12.8. The number of rotatable bonds is 3. The van der Waals surface area contributed by atoms with Crippen LogP contribution >= 0.6 is 0 Å². The maximum absolute atomic E-state index is 12.8. The van der Waals surface area contributed by atoms with Crippen LogP contribution in [0.5, 0.6) is 0 Å². The van der Waals surface area contributed by atoms with E-state index in [1.54, 1.807) is 4.68 Å². The van der Waals surface area contributed by atoms with Crippen molar-refractivity contribution < 1.29 is 9.53 Å². The van der Waals surface area contributed by atoms with Crippen molar-refractivity contribution in [3.8, 4) is 5.69 Å². The number of carbonyl (C=O) groups excluding carboxylic acids is 1. The van der Waals surface area contributed by atoms with Crippen molar-refractivity contribution >= 4 is 5.91 Å². The molecule has 8 heteroatoms. The molecule has 0 aliphatic carbocycles. The quantitative estimate of drug-likeness (QED) is 0.666. The van der Waals surface area contributed by atoms with Crippen molar-refractivity contribution in [3.63, 3.8) is 0 Å². The number of aryl methyl sites for hydroxylation is 2. The molecular formula is C22H26N6O2. The van der Waals surface area contributed by atoms with Gasteiger partial charge in [-0.1, -0.05) is 18.2 Å². The van der Waals surface area contributed by atoms with Crippen LogP contribution in [0, 0.1) is 13.8 Å². The third kappa shape index (κ3) is 3.31. The van der Waals surface area contributed by atoms with Crippen LogP contribution in [0.2, 0.25) is 0 Å². The number of fused-ring (bicyclic) bond motifs is 2. The zero-order chi connectivity index (χ0) is 20.7. The fourth-order valence-electron chi connectivity index (χ4n) is 4.55. The Bertz CT molecular complexity index is 1060. The first-order valence-electron chi connectivity index (χ1n) is 10.5. The topological polar surface area (TPSA) is 78.1 Å². The number of ether oxygens (including phenoxy) is 1. The smallest absolute Gasteiger partial charge is 0.244 e. The van der Waals surface area contributed by atoms with Crippen LogP contribution in [0.1, 0.15) is 35.7 Å². The molecule has 0 saturated carbocycles. The molecule has 8 nitrogen and oxygen atoms in total. The molecule has 3 aromatic rings. The Balaban J connectivity index is 1.32. The van der Waals surface area contributed by atoms with E-state index in [0.29, 0.717) is 25.5 Å². The predicted molar refractivity (Wildman–Crippen MR) is 110 cm³/mol. The van der Waals surface area contributed by atoms with E-state index < -0.39 is 5.60 Å². The summed E-state index contributed by atoms with van der Waals surface area (Å²) in [5, 5.41) is 9.23. The number of piperidine rings is 1. The average molecular weight is 406 g/mol. The van der Waals surface area contributed by atoms with Crippen molar-refractivity contribution in [2.45, 2.75) is 45.3 Å². The molecule has 30 heavy (non-hydrogen) atoms. The van der Waals surface area contributed by atoms with E-state index in [4.69, 9.17) is 9.84 Å². The molecule has 0 unspecified atom stereocenters. The number of hydrogen-bond donors (Lipinski definition) is 0. The molecule has 0 atom stereocenters. The van der Waals surface area contributed by atoms with E-state index in [1.807, 2.05) is 41.6 Å². The van der Waals surface area contributed by atoms with Gasteiger partial charge in [0.05, 0.1) is 18.0 Å². The summed E-state index contributed by atoms with van der Waals surface area (Å²) in [7, 11) is 0. The van der Waals surface area contributed by atoms with Crippen LogP contribution in [0.25, 0.3) is 5.69 Å². The number of carbonyl (C=O) groups is 1. The molecule has 1 saturated heterocycles. The fraction of sp³-hybridized carbons (Fsp3) is 0.455. The van der Waals surface area contributed by atoms with Crippen LogP contribution < -0.4 is 0 Å². The number of amides is 1. The van der Waals surface area contributed by atoms with E-state index in [2.05, 4.69) is 28.4 Å². The minimum Gasteiger partial charge on any atom is -0.368 e. The Morgan fingerprint density at radius 2 is 1.90 bits per heavy atom. The summed E-state index contributed by atoms with van der Waals surface area (Å²) < 4.78 is 9.94. The second-order valence-electron chi connectivity index (χ2n) is 8.12. The minimum atomic E-state index is -0.399. The third-order valence-corrected chi connectivity index (χ3v) is 6.16. The molecule has 1 spiro atoms. The van der Waals surface area contributed by atoms with Gasteiger partial charge in [-0.25, -0.2) is 14.3 Å². The molecule has 1 fully saturated rings. The second-order valence-corrected chi connectivity index (χ2v) is 8.12. The number of hydrogen-bond acceptors (Lipinski definition) is 5. The van der Waals surface area contributed by atoms with Crippen LogP contribution in [-0.2, 0) is 28.1 Å². The molecule has 2 aliphatic heterocycles. The van der Waals surface area contributed by atoms with Gasteiger partial charge in [0, 0.05) is 19.3 Å². The highest BCUT2D eigenvalue weighted by molar-refractivity contribution is 5.76. The van der Waals surface area contributed by atoms with Gasteiger partial charge in [-0.15, -0.1) is 0 Å². The van der Waals surface area contributed by atoms with E-state index in [9.17, 15) is 4.79 Å². The molecule has 4 heterocycles. The third-order valence-electron chi connectivity index (χ3n) is 6.16. The first-order valence-corrected chi connectivity index (χ1v) is 10.5. The number of likely N-dealkylation sites (tertiary alicyclic amines) is 1. The van der Waals surface area contributed by atoms with Gasteiger partial charge in [0.15, 0.2) is 0 Å². The summed E-state index contributed by atoms with van der Waals surface area (Å²) >= 11 is 0. The number of nitrogens with zero attached hydrogens (tertiary/aromatic N) is 6. The zero-order valence-corrected chi connectivity index (χ0v) is 17.4. The zero-order valence-electron chi connectivity index (χ0n) is 17.4. The minimum absolute atomic E-state index is 0.0729. The molecule has 5 rings (SSSR count). The molecular weight excluding hydrogens is 380 g/mol. The lowest BCUT2D eigenvalue weighted by atomic mass is 9.84. The monoisotopic (exact) mass is 406 g/mol. The Labute approximate surface area is 175 Å². The second kappa shape index (κ2) is 7.36. The fourth-order valence-corrected chi connectivity index (χ4v) is 4.55. The molecule has 0 N–H and O–H groups in total. The molecule has 156 valence electrons. The van der Waals surface area contributed by atoms with Gasteiger partial charge in [0.2, 0.25) is 5.91 Å². The maximum Gasteiger partial charge on any atom is 0.244 e. The Kier molecular flexibility index (Phi) is 4.66. The summed E-state index contributed by atoms with van der Waals surface area (Å²) in [5.41, 5.74) is 2.93. The standard InChI is InChI=1S/C22H26N6O2/c1-16-23-17(2)27(24-16)15-20(29)26-11-9-22(10-12-26)21-18(8-13-30-22)14-28(25-21)19-6-4-3-5-7-19/h3-7,14H,8-13,15H2,1-2H3. The van der Waals surface area contributed by atoms with Gasteiger partial charge in [-0.2, -0.15) is 10.2 Å². The lowest BCUT2D eigenvalue weighted by molar-refractivity contribution is -0.142. The Morgan fingerprint density at radius 1 is 1.13 bits per heavy atom. The molecule has 0 radical (unpaired) electrons. The van der Waals surface area contributed by atoms with Crippen LogP contribution in [-0.4, -0.2) is 55.0 Å². The van der Waals surface area contributed by atoms with Crippen LogP contribution in [0.15, 0.2) is 36.5 Å². The highest BCUT2D eigenvalue weighted by atomic mass is 16.5. The first-order chi connectivity index (χ1) is 14.5. The van der Waals surface area contributed by atoms with Crippen molar-refractivity contribution in [3.05, 3.63) is 59.4 Å². The van der Waals surface area contributed by atoms with E-state index in [0.717, 1.165) is 36.5 Å². The SMILES string of the molecule is Cc1nc(C)n(CC(=O)N2CCC3(CC2)OCCc2cn(-c4ccccc4)nc23)n1. The van der Waals surface area contributed by atoms with E-state index in [-0.39, 0.29) is 12.5 Å². The van der Waals surface area contributed by atoms with Gasteiger partial charge in [-0.3, -0.25) is 4.79 Å². The highest BCUT2D eigenvalue weighted by Gasteiger charge is 2.44. The van der Waals surface area contributed by atoms with Crippen LogP contribution in [0.4, 0.5) is 0 Å². The predicted octanol–water partition coefficient (Wildman–Crippen LogP) is 2.17. The van der Waals surface area contributed by atoms with Crippen molar-refractivity contribution in [2.24, 2.45) is 0 Å². The number of para-hydroxylation sites is 1. The summed E-state index contributed by atoms with van der Waals surface area (Å²) in [6.07, 6.45) is 4.51. The van der Waals surface area contributed by atoms with Crippen molar-refractivity contribution in [2.75, 3.05) is 19.7 Å². The number of benzene rings is 1. The van der Waals surface area contributed by atoms with Crippen molar-refractivity contribution in [1.82, 2.24) is 29.4 Å². The Morgan fingerprint density at radius 3 is 2.60 bits per heavy atom. The van der Waals surface area contributed by atoms with Crippen LogP contribution in [0.3, 0.4) is 0 Å². The first kappa shape index (κ1) is 19.0. The summed E-state index contributed by atoms with van der Waals surface area (Å²) in [5.74, 6) is 1.53. The number of aromatic nitrogens is 5. The summed E-state index contributed by atoms with van der Waals surface area (Å²) in [6.45, 7) is 5.95. The molecule has 0 bridgehead atoms. The largest absolute Gasteiger partial charge is 0.368 e. The molecule has 2 aliphatic rings. The van der Waals surface area contributed by atoms with Crippen molar-refractivity contribution in [1.29, 1.82) is 0 Å². The Hall–Kier alpha value is -3.00. The lowest BCUT2D eigenvalue weighted by Gasteiger charge is -2.43. The lowest BCUT2D eigenvalue weighted by Crippen LogP contribution is -2.49. The molecule has 2 aromatic heterocycles. The summed E-state index contributed by atoms with van der Waals surface area (Å²) in [6, 6.07) is 10.2. The van der Waals surface area contributed by atoms with Gasteiger partial charge in [0.1, 0.15) is 23.8 Å². The van der Waals surface area contributed by atoms with Gasteiger partial charge in [-0.05, 0) is 50.8 Å². The van der Waals surface area contributed by atoms with E-state index >= 15 is 0 Å². The molecule has 1 amide bonds. The average Bonchev–Trinajstić information content (AvgIpc) is 3.33. The van der Waals surface area contributed by atoms with Gasteiger partial charge >= 0.3 is 0 Å². The normalized spacial score (nSPS) is 17.9. The van der Waals surface area contributed by atoms with Gasteiger partial charge in [0.25, 0.3) is 0 Å². The summed E-state index contributed by atoms with van der Waals surface area (Å²) in [4.78, 5) is 19.0. The highest BCUT2D eigenvalue weighted by Crippen LogP contribution is 2.41. The van der Waals surface area contributed by atoms with Gasteiger partial charge < -0.3 is 9.64 Å². The molecule has 1 aromatic carbocycles.